The van der Waals surface area contributed by atoms with Crippen molar-refractivity contribution in [3.8, 4) is 5.75 Å². The van der Waals surface area contributed by atoms with Crippen LogP contribution in [0, 0.1) is 0 Å². The molecular formula is C15H12ClN3O. The number of halogens is 1. The van der Waals surface area contributed by atoms with Gasteiger partial charge in [0, 0.05) is 11.1 Å². The number of hydrogen-bond donors (Lipinski definition) is 1. The number of nitrogens with zero attached hydrogens (tertiary/aromatic N) is 2. The second kappa shape index (κ2) is 5.35. The van der Waals surface area contributed by atoms with Crippen LogP contribution in [0.2, 0.25) is 5.28 Å². The highest BCUT2D eigenvalue weighted by Crippen LogP contribution is 2.28. The summed E-state index contributed by atoms with van der Waals surface area (Å²) in [5.74, 6) is 1.41. The molecule has 1 N–H and O–H groups in total. The monoisotopic (exact) mass is 285 g/mol. The molecule has 0 fully saturated rings. The summed E-state index contributed by atoms with van der Waals surface area (Å²) in [6.45, 7) is 0. The molecule has 20 heavy (non-hydrogen) atoms. The van der Waals surface area contributed by atoms with E-state index in [1.54, 1.807) is 7.11 Å². The zero-order valence-corrected chi connectivity index (χ0v) is 11.6. The van der Waals surface area contributed by atoms with Crippen molar-refractivity contribution in [2.24, 2.45) is 0 Å². The summed E-state index contributed by atoms with van der Waals surface area (Å²) in [4.78, 5) is 8.47. The highest BCUT2D eigenvalue weighted by Gasteiger charge is 2.08. The molecule has 4 nitrogen and oxygen atoms in total. The highest BCUT2D eigenvalue weighted by atomic mass is 35.5. The van der Waals surface area contributed by atoms with Crippen LogP contribution in [0.15, 0.2) is 48.5 Å². The third kappa shape index (κ3) is 2.51. The molecule has 1 heterocycles. The van der Waals surface area contributed by atoms with E-state index in [4.69, 9.17) is 16.3 Å². The van der Waals surface area contributed by atoms with Gasteiger partial charge >= 0.3 is 0 Å². The van der Waals surface area contributed by atoms with Crippen LogP contribution < -0.4 is 10.1 Å². The number of methoxy groups -OCH3 is 1. The lowest BCUT2D eigenvalue weighted by Gasteiger charge is -2.10. The molecular weight excluding hydrogens is 274 g/mol. The van der Waals surface area contributed by atoms with E-state index >= 15 is 0 Å². The molecule has 0 atom stereocenters. The van der Waals surface area contributed by atoms with Crippen molar-refractivity contribution in [3.63, 3.8) is 0 Å². The molecule has 0 aliphatic rings. The van der Waals surface area contributed by atoms with Crippen molar-refractivity contribution < 1.29 is 4.74 Å². The Balaban J connectivity index is 2.12. The van der Waals surface area contributed by atoms with Crippen LogP contribution in [0.5, 0.6) is 5.75 Å². The van der Waals surface area contributed by atoms with Crippen molar-refractivity contribution in [1.82, 2.24) is 9.97 Å². The van der Waals surface area contributed by atoms with E-state index in [1.807, 2.05) is 48.5 Å². The Morgan fingerprint density at radius 3 is 2.60 bits per heavy atom. The molecule has 0 aliphatic heterocycles. The van der Waals surface area contributed by atoms with E-state index in [0.717, 1.165) is 22.3 Å². The first-order chi connectivity index (χ1) is 9.76. The van der Waals surface area contributed by atoms with Crippen LogP contribution in [-0.4, -0.2) is 17.1 Å². The molecule has 1 aromatic heterocycles. The van der Waals surface area contributed by atoms with Crippen LogP contribution in [-0.2, 0) is 0 Å². The number of ether oxygens (including phenoxy) is 1. The summed E-state index contributed by atoms with van der Waals surface area (Å²) in [5, 5.41) is 4.32. The first kappa shape index (κ1) is 12.7. The third-order valence-electron chi connectivity index (χ3n) is 2.91. The number of nitrogens with one attached hydrogen (secondary N) is 1. The summed E-state index contributed by atoms with van der Waals surface area (Å²) in [6.07, 6.45) is 0. The smallest absolute Gasteiger partial charge is 0.224 e. The van der Waals surface area contributed by atoms with Crippen molar-refractivity contribution in [1.29, 1.82) is 0 Å². The van der Waals surface area contributed by atoms with Crippen molar-refractivity contribution in [2.75, 3.05) is 12.4 Å². The zero-order chi connectivity index (χ0) is 13.9. The van der Waals surface area contributed by atoms with Crippen LogP contribution in [0.3, 0.4) is 0 Å². The summed E-state index contributed by atoms with van der Waals surface area (Å²) >= 11 is 5.97. The second-order valence-corrected chi connectivity index (χ2v) is 4.55. The quantitative estimate of drug-likeness (QED) is 0.738. The fourth-order valence-corrected chi connectivity index (χ4v) is 2.14. The average molecular weight is 286 g/mol. The van der Waals surface area contributed by atoms with Crippen LogP contribution >= 0.6 is 11.6 Å². The minimum atomic E-state index is 0.209. The maximum absolute atomic E-state index is 5.97. The molecule has 100 valence electrons. The number of aromatic nitrogens is 2. The van der Waals surface area contributed by atoms with Gasteiger partial charge in [0.25, 0.3) is 0 Å². The van der Waals surface area contributed by atoms with E-state index in [0.29, 0.717) is 5.82 Å². The second-order valence-electron chi connectivity index (χ2n) is 4.22. The Bertz CT molecular complexity index is 747. The molecule has 3 rings (SSSR count). The van der Waals surface area contributed by atoms with Crippen molar-refractivity contribution in [2.45, 2.75) is 0 Å². The van der Waals surface area contributed by atoms with E-state index in [-0.39, 0.29) is 5.28 Å². The van der Waals surface area contributed by atoms with E-state index in [9.17, 15) is 0 Å². The number of hydrogen-bond acceptors (Lipinski definition) is 4. The number of anilines is 2. The van der Waals surface area contributed by atoms with Crippen molar-refractivity contribution in [3.05, 3.63) is 53.8 Å². The lowest BCUT2D eigenvalue weighted by Crippen LogP contribution is -1.97. The van der Waals surface area contributed by atoms with Gasteiger partial charge in [-0.2, -0.15) is 4.98 Å². The van der Waals surface area contributed by atoms with E-state index < -0.39 is 0 Å². The van der Waals surface area contributed by atoms with Gasteiger partial charge in [-0.05, 0) is 41.9 Å². The van der Waals surface area contributed by atoms with Gasteiger partial charge < -0.3 is 10.1 Å². The Morgan fingerprint density at radius 1 is 1.05 bits per heavy atom. The fourth-order valence-electron chi connectivity index (χ4n) is 1.96. The van der Waals surface area contributed by atoms with Gasteiger partial charge in [0.1, 0.15) is 11.6 Å². The van der Waals surface area contributed by atoms with Crippen LogP contribution in [0.25, 0.3) is 10.9 Å². The molecule has 0 saturated carbocycles. The number of benzene rings is 2. The Labute approximate surface area is 121 Å². The van der Waals surface area contributed by atoms with Crippen LogP contribution in [0.1, 0.15) is 0 Å². The van der Waals surface area contributed by atoms with E-state index in [1.165, 1.54) is 0 Å². The average Bonchev–Trinajstić information content (AvgIpc) is 2.48. The van der Waals surface area contributed by atoms with Gasteiger partial charge in [0.2, 0.25) is 5.28 Å². The SMILES string of the molecule is COc1ccc2nc(Cl)nc(Nc3ccccc3)c2c1. The predicted molar refractivity (Wildman–Crippen MR) is 80.8 cm³/mol. The standard InChI is InChI=1S/C15H12ClN3O/c1-20-11-7-8-13-12(9-11)14(19-15(16)18-13)17-10-5-3-2-4-6-10/h2-9H,1H3,(H,17,18,19). The Hall–Kier alpha value is -2.33. The Kier molecular flexibility index (Phi) is 3.39. The summed E-state index contributed by atoms with van der Waals surface area (Å²) in [7, 11) is 1.63. The fraction of sp³-hybridized carbons (Fsp3) is 0.0667. The molecule has 0 spiro atoms. The van der Waals surface area contributed by atoms with Crippen LogP contribution in [0.4, 0.5) is 11.5 Å². The summed E-state index contributed by atoms with van der Waals surface area (Å²) in [5.41, 5.74) is 1.70. The van der Waals surface area contributed by atoms with Gasteiger partial charge in [-0.3, -0.25) is 0 Å². The minimum Gasteiger partial charge on any atom is -0.497 e. The van der Waals surface area contributed by atoms with Gasteiger partial charge in [-0.1, -0.05) is 18.2 Å². The molecule has 0 saturated heterocycles. The summed E-state index contributed by atoms with van der Waals surface area (Å²) < 4.78 is 5.24. The van der Waals surface area contributed by atoms with Crippen molar-refractivity contribution >= 4 is 34.0 Å². The molecule has 0 unspecified atom stereocenters. The summed E-state index contributed by atoms with van der Waals surface area (Å²) in [6, 6.07) is 15.4. The largest absolute Gasteiger partial charge is 0.497 e. The molecule has 3 aromatic rings. The number of para-hydroxylation sites is 1. The maximum atomic E-state index is 5.97. The first-order valence-corrected chi connectivity index (χ1v) is 6.47. The lowest BCUT2D eigenvalue weighted by atomic mass is 10.2. The topological polar surface area (TPSA) is 47.0 Å². The van der Waals surface area contributed by atoms with Gasteiger partial charge in [-0.15, -0.1) is 0 Å². The first-order valence-electron chi connectivity index (χ1n) is 6.09. The predicted octanol–water partition coefficient (Wildman–Crippen LogP) is 4.04. The minimum absolute atomic E-state index is 0.209. The lowest BCUT2D eigenvalue weighted by molar-refractivity contribution is 0.415. The zero-order valence-electron chi connectivity index (χ0n) is 10.8. The van der Waals surface area contributed by atoms with Gasteiger partial charge in [0.15, 0.2) is 0 Å². The van der Waals surface area contributed by atoms with Gasteiger partial charge in [0.05, 0.1) is 12.6 Å². The molecule has 0 bridgehead atoms. The number of fused-ring (bicyclic) bond motifs is 1. The third-order valence-corrected chi connectivity index (χ3v) is 3.08. The molecule has 2 aromatic carbocycles. The molecule has 0 aliphatic carbocycles. The normalized spacial score (nSPS) is 10.5. The molecule has 5 heteroatoms. The maximum Gasteiger partial charge on any atom is 0.224 e. The number of rotatable bonds is 3. The Morgan fingerprint density at radius 2 is 1.85 bits per heavy atom. The molecule has 0 radical (unpaired) electrons. The highest BCUT2D eigenvalue weighted by molar-refractivity contribution is 6.28. The molecule has 0 amide bonds. The van der Waals surface area contributed by atoms with E-state index in [2.05, 4.69) is 15.3 Å². The van der Waals surface area contributed by atoms with Gasteiger partial charge in [-0.25, -0.2) is 4.98 Å².